The summed E-state index contributed by atoms with van der Waals surface area (Å²) in [7, 11) is 1.29. The zero-order chi connectivity index (χ0) is 23.0. The van der Waals surface area contributed by atoms with Crippen molar-refractivity contribution < 1.29 is 29.0 Å². The number of carbonyl (C=O) groups is 3. The van der Waals surface area contributed by atoms with Crippen LogP contribution in [0.5, 0.6) is 0 Å². The highest BCUT2D eigenvalue weighted by molar-refractivity contribution is 6.06. The lowest BCUT2D eigenvalue weighted by atomic mass is 9.88. The molecule has 0 bridgehead atoms. The van der Waals surface area contributed by atoms with Crippen molar-refractivity contribution in [2.24, 2.45) is 5.92 Å². The van der Waals surface area contributed by atoms with Crippen LogP contribution in [0.2, 0.25) is 0 Å². The first-order chi connectivity index (χ1) is 15.4. The van der Waals surface area contributed by atoms with Crippen molar-refractivity contribution in [1.82, 2.24) is 5.32 Å². The van der Waals surface area contributed by atoms with E-state index >= 15 is 0 Å². The number of rotatable bonds is 8. The lowest BCUT2D eigenvalue weighted by molar-refractivity contribution is -0.134. The fourth-order valence-electron chi connectivity index (χ4n) is 3.85. The van der Waals surface area contributed by atoms with Crippen molar-refractivity contribution in [2.75, 3.05) is 7.11 Å². The summed E-state index contributed by atoms with van der Waals surface area (Å²) in [6, 6.07) is 0. The van der Waals surface area contributed by atoms with Gasteiger partial charge in [0, 0.05) is 12.2 Å². The summed E-state index contributed by atoms with van der Waals surface area (Å²) < 4.78 is 9.81. The summed E-state index contributed by atoms with van der Waals surface area (Å²) in [5.41, 5.74) is -1.52. The van der Waals surface area contributed by atoms with Gasteiger partial charge in [-0.05, 0) is 30.9 Å². The van der Waals surface area contributed by atoms with E-state index in [1.54, 1.807) is 24.3 Å². The van der Waals surface area contributed by atoms with Crippen molar-refractivity contribution >= 4 is 17.7 Å². The molecule has 7 nitrogen and oxygen atoms in total. The Hall–Kier alpha value is -3.03. The largest absolute Gasteiger partial charge is 0.466 e. The van der Waals surface area contributed by atoms with Gasteiger partial charge in [-0.25, -0.2) is 4.79 Å². The minimum atomic E-state index is -1.53. The number of aliphatic hydroxyl groups is 1. The number of fused-ring (bicyclic) bond motifs is 1. The first-order valence-corrected chi connectivity index (χ1v) is 10.8. The van der Waals surface area contributed by atoms with Gasteiger partial charge in [-0.2, -0.15) is 0 Å². The molecule has 1 amide bonds. The second-order valence-electron chi connectivity index (χ2n) is 8.04. The fraction of sp³-hybridized carbons (Fsp3) is 0.400. The molecular formula is C25H29NO6. The molecule has 0 radical (unpaired) electrons. The molecule has 0 aromatic carbocycles. The van der Waals surface area contributed by atoms with Gasteiger partial charge >= 0.3 is 5.97 Å². The summed E-state index contributed by atoms with van der Waals surface area (Å²) in [6.07, 6.45) is 22.0. The predicted molar refractivity (Wildman–Crippen MR) is 119 cm³/mol. The van der Waals surface area contributed by atoms with E-state index in [-0.39, 0.29) is 11.5 Å². The summed E-state index contributed by atoms with van der Waals surface area (Å²) >= 11 is 0. The summed E-state index contributed by atoms with van der Waals surface area (Å²) in [6.45, 7) is 0. The Morgan fingerprint density at radius 1 is 1.09 bits per heavy atom. The van der Waals surface area contributed by atoms with Crippen molar-refractivity contribution in [3.63, 3.8) is 0 Å². The molecule has 3 atom stereocenters. The van der Waals surface area contributed by atoms with Crippen LogP contribution in [0.1, 0.15) is 32.1 Å². The van der Waals surface area contributed by atoms with Gasteiger partial charge in [-0.3, -0.25) is 9.59 Å². The van der Waals surface area contributed by atoms with Crippen LogP contribution in [-0.2, 0) is 23.9 Å². The van der Waals surface area contributed by atoms with Gasteiger partial charge < -0.3 is 19.9 Å². The second-order valence-corrected chi connectivity index (χ2v) is 8.04. The van der Waals surface area contributed by atoms with Gasteiger partial charge in [-0.1, -0.05) is 61.8 Å². The molecule has 2 fully saturated rings. The number of Topliss-reactive ketones (excluding diaryl/α,β-unsaturated/α-hetero) is 1. The molecular weight excluding hydrogens is 410 g/mol. The minimum absolute atomic E-state index is 0.0105. The molecule has 3 aliphatic rings. The maximum atomic E-state index is 12.4. The third-order valence-electron chi connectivity index (χ3n) is 5.63. The fourth-order valence-corrected chi connectivity index (χ4v) is 3.85. The summed E-state index contributed by atoms with van der Waals surface area (Å²) in [4.78, 5) is 35.6. The monoisotopic (exact) mass is 439 g/mol. The molecule has 2 N–H and O–H groups in total. The first-order valence-electron chi connectivity index (χ1n) is 10.8. The van der Waals surface area contributed by atoms with E-state index in [4.69, 9.17) is 4.74 Å². The average molecular weight is 440 g/mol. The van der Waals surface area contributed by atoms with Crippen LogP contribution in [0.4, 0.5) is 0 Å². The van der Waals surface area contributed by atoms with Crippen LogP contribution in [-0.4, -0.2) is 47.7 Å². The van der Waals surface area contributed by atoms with Gasteiger partial charge in [0.05, 0.1) is 12.8 Å². The standard InChI is InChI=1S/C25H29NO6/c1-31-21(28)15-7-2-3-10-16-25(30)17-19(22(29)23-24(25)32-23)26-20(27)14-9-8-13-18-11-5-4-6-12-18/h2-3,7-10,13-18,23-24,30H,4-6,11-12H2,1H3,(H,26,27)/b3-2+,13-8+,14-9+,15-7+,16-10+/t23-,24-,25+/m0/s1. The Bertz CT molecular complexity index is 903. The molecule has 2 aliphatic carbocycles. The lowest BCUT2D eigenvalue weighted by Crippen LogP contribution is -2.42. The Balaban J connectivity index is 1.58. The highest BCUT2D eigenvalue weighted by Gasteiger charge is 2.59. The number of amides is 1. The molecule has 1 aliphatic heterocycles. The highest BCUT2D eigenvalue weighted by Crippen LogP contribution is 2.40. The summed E-state index contributed by atoms with van der Waals surface area (Å²) in [5.74, 6) is -0.714. The minimum Gasteiger partial charge on any atom is -0.466 e. The zero-order valence-electron chi connectivity index (χ0n) is 18.1. The smallest absolute Gasteiger partial charge is 0.330 e. The molecule has 7 heteroatoms. The topological polar surface area (TPSA) is 105 Å². The average Bonchev–Trinajstić information content (AvgIpc) is 3.60. The third kappa shape index (κ3) is 6.48. The van der Waals surface area contributed by atoms with Crippen molar-refractivity contribution in [3.8, 4) is 0 Å². The van der Waals surface area contributed by atoms with Crippen LogP contribution >= 0.6 is 0 Å². The number of hydrogen-bond acceptors (Lipinski definition) is 6. The van der Waals surface area contributed by atoms with Crippen LogP contribution in [0, 0.1) is 5.92 Å². The molecule has 1 saturated heterocycles. The van der Waals surface area contributed by atoms with Crippen LogP contribution < -0.4 is 5.32 Å². The van der Waals surface area contributed by atoms with Crippen LogP contribution in [0.15, 0.2) is 72.5 Å². The Labute approximate surface area is 187 Å². The molecule has 0 spiro atoms. The normalized spacial score (nSPS) is 28.7. The van der Waals surface area contributed by atoms with E-state index in [2.05, 4.69) is 16.1 Å². The SMILES string of the molecule is COC(=O)/C=C/C=C/C=C/[C@@]1(O)C=C(NC(=O)/C=C/C=C/C2CCCCC2)C(=O)[C@@H]2O[C@@H]21. The van der Waals surface area contributed by atoms with E-state index in [0.29, 0.717) is 5.92 Å². The summed E-state index contributed by atoms with van der Waals surface area (Å²) in [5, 5.41) is 13.4. The Kier molecular flexibility index (Phi) is 8.14. The highest BCUT2D eigenvalue weighted by atomic mass is 16.6. The predicted octanol–water partition coefficient (Wildman–Crippen LogP) is 2.60. The molecule has 170 valence electrons. The van der Waals surface area contributed by atoms with Gasteiger partial charge in [0.2, 0.25) is 11.7 Å². The Morgan fingerprint density at radius 3 is 2.56 bits per heavy atom. The van der Waals surface area contributed by atoms with E-state index in [1.165, 1.54) is 69.6 Å². The third-order valence-corrected chi connectivity index (χ3v) is 5.63. The van der Waals surface area contributed by atoms with Gasteiger partial charge in [-0.15, -0.1) is 0 Å². The van der Waals surface area contributed by atoms with Gasteiger partial charge in [0.15, 0.2) is 6.10 Å². The number of ketones is 1. The zero-order valence-corrected chi connectivity index (χ0v) is 18.1. The number of nitrogens with one attached hydrogen (secondary N) is 1. The Morgan fingerprint density at radius 2 is 1.81 bits per heavy atom. The first kappa shape index (κ1) is 23.6. The number of ether oxygens (including phenoxy) is 2. The molecule has 0 aromatic rings. The number of methoxy groups -OCH3 is 1. The number of allylic oxidation sites excluding steroid dienone is 7. The molecule has 1 saturated carbocycles. The van der Waals surface area contributed by atoms with Crippen LogP contribution in [0.25, 0.3) is 0 Å². The molecule has 1 heterocycles. The van der Waals surface area contributed by atoms with Crippen molar-refractivity contribution in [3.05, 3.63) is 72.5 Å². The van der Waals surface area contributed by atoms with Crippen LogP contribution in [0.3, 0.4) is 0 Å². The second kappa shape index (κ2) is 11.0. The van der Waals surface area contributed by atoms with Gasteiger partial charge in [0.25, 0.3) is 0 Å². The van der Waals surface area contributed by atoms with E-state index in [1.807, 2.05) is 6.08 Å². The van der Waals surface area contributed by atoms with E-state index in [0.717, 1.165) is 0 Å². The number of carbonyl (C=O) groups excluding carboxylic acids is 3. The lowest BCUT2D eigenvalue weighted by Gasteiger charge is -2.23. The van der Waals surface area contributed by atoms with Crippen molar-refractivity contribution in [1.29, 1.82) is 0 Å². The van der Waals surface area contributed by atoms with Crippen molar-refractivity contribution in [2.45, 2.75) is 49.9 Å². The maximum Gasteiger partial charge on any atom is 0.330 e. The molecule has 0 unspecified atom stereocenters. The molecule has 0 aromatic heterocycles. The number of epoxide rings is 1. The quantitative estimate of drug-likeness (QED) is 0.261. The van der Waals surface area contributed by atoms with E-state index in [9.17, 15) is 19.5 Å². The van der Waals surface area contributed by atoms with Gasteiger partial charge in [0.1, 0.15) is 11.7 Å². The molecule has 32 heavy (non-hydrogen) atoms. The number of esters is 1. The van der Waals surface area contributed by atoms with E-state index < -0.39 is 29.7 Å². The number of hydrogen-bond donors (Lipinski definition) is 2. The molecule has 3 rings (SSSR count). The maximum absolute atomic E-state index is 12.4.